The van der Waals surface area contributed by atoms with Crippen molar-refractivity contribution in [3.63, 3.8) is 0 Å². The van der Waals surface area contributed by atoms with Crippen LogP contribution in [0, 0.1) is 0 Å². The van der Waals surface area contributed by atoms with Gasteiger partial charge in [-0.25, -0.2) is 0 Å². The Balaban J connectivity index is 2.15. The molecule has 0 spiro atoms. The number of aromatic nitrogens is 1. The highest BCUT2D eigenvalue weighted by molar-refractivity contribution is 5.35. The fourth-order valence-electron chi connectivity index (χ4n) is 1.72. The van der Waals surface area contributed by atoms with Gasteiger partial charge in [-0.3, -0.25) is 4.98 Å². The molecular formula is C14H13F3N2O. The molecule has 2 N–H and O–H groups in total. The van der Waals surface area contributed by atoms with E-state index in [1.165, 1.54) is 18.2 Å². The molecule has 1 aromatic heterocycles. The topological polar surface area (TPSA) is 48.1 Å². The highest BCUT2D eigenvalue weighted by Crippen LogP contribution is 2.36. The van der Waals surface area contributed by atoms with Crippen LogP contribution in [0.25, 0.3) is 0 Å². The number of hydrogen-bond acceptors (Lipinski definition) is 3. The lowest BCUT2D eigenvalue weighted by atomic mass is 10.2. The molecule has 0 bridgehead atoms. The smallest absolute Gasteiger partial charge is 0.419 e. The number of hydrogen-bond donors (Lipinski definition) is 1. The largest absolute Gasteiger partial charge is 0.488 e. The van der Waals surface area contributed by atoms with Gasteiger partial charge >= 0.3 is 6.18 Å². The fourth-order valence-corrected chi connectivity index (χ4v) is 1.72. The van der Waals surface area contributed by atoms with Crippen molar-refractivity contribution in [1.29, 1.82) is 0 Å². The van der Waals surface area contributed by atoms with Crippen molar-refractivity contribution in [3.05, 3.63) is 59.4 Å². The molecule has 2 aromatic rings. The third-order valence-electron chi connectivity index (χ3n) is 2.68. The Bertz CT molecular complexity index is 585. The van der Waals surface area contributed by atoms with Gasteiger partial charge < -0.3 is 10.5 Å². The lowest BCUT2D eigenvalue weighted by Gasteiger charge is -2.13. The molecule has 1 aromatic carbocycles. The second-order valence-electron chi connectivity index (χ2n) is 4.14. The summed E-state index contributed by atoms with van der Waals surface area (Å²) >= 11 is 0. The van der Waals surface area contributed by atoms with Gasteiger partial charge in [-0.05, 0) is 29.8 Å². The molecule has 0 fully saturated rings. The molecule has 0 saturated carbocycles. The standard InChI is InChI=1S/C14H13F3N2O/c15-14(16,17)12-3-1-2-4-13(12)20-9-10-5-6-19-11(7-10)8-18/h1-7H,8-9,18H2. The molecule has 1 heterocycles. The lowest BCUT2D eigenvalue weighted by molar-refractivity contribution is -0.139. The highest BCUT2D eigenvalue weighted by Gasteiger charge is 2.33. The Labute approximate surface area is 114 Å². The molecule has 3 nitrogen and oxygen atoms in total. The maximum atomic E-state index is 12.8. The van der Waals surface area contributed by atoms with Crippen molar-refractivity contribution in [2.75, 3.05) is 0 Å². The number of halogens is 3. The summed E-state index contributed by atoms with van der Waals surface area (Å²) in [6.45, 7) is 0.301. The first-order chi connectivity index (χ1) is 9.50. The van der Waals surface area contributed by atoms with Gasteiger partial charge in [-0.15, -0.1) is 0 Å². The minimum Gasteiger partial charge on any atom is -0.488 e. The Morgan fingerprint density at radius 1 is 1.15 bits per heavy atom. The number of alkyl halides is 3. The molecule has 0 atom stereocenters. The highest BCUT2D eigenvalue weighted by atomic mass is 19.4. The molecular weight excluding hydrogens is 269 g/mol. The van der Waals surface area contributed by atoms with Crippen LogP contribution in [0.15, 0.2) is 42.6 Å². The van der Waals surface area contributed by atoms with Crippen LogP contribution >= 0.6 is 0 Å². The summed E-state index contributed by atoms with van der Waals surface area (Å²) in [4.78, 5) is 4.01. The summed E-state index contributed by atoms with van der Waals surface area (Å²) in [6, 6.07) is 8.50. The van der Waals surface area contributed by atoms with Gasteiger partial charge in [0.05, 0.1) is 11.3 Å². The van der Waals surface area contributed by atoms with Gasteiger partial charge in [0, 0.05) is 12.7 Å². The van der Waals surface area contributed by atoms with Crippen molar-refractivity contribution < 1.29 is 17.9 Å². The molecule has 0 unspecified atom stereocenters. The Morgan fingerprint density at radius 2 is 1.90 bits per heavy atom. The van der Waals surface area contributed by atoms with E-state index in [0.29, 0.717) is 5.69 Å². The van der Waals surface area contributed by atoms with Gasteiger partial charge in [0.1, 0.15) is 12.4 Å². The number of para-hydroxylation sites is 1. The van der Waals surface area contributed by atoms with Crippen molar-refractivity contribution in [2.45, 2.75) is 19.3 Å². The number of benzene rings is 1. The van der Waals surface area contributed by atoms with Gasteiger partial charge in [-0.2, -0.15) is 13.2 Å². The van der Waals surface area contributed by atoms with E-state index in [-0.39, 0.29) is 18.9 Å². The second kappa shape index (κ2) is 5.92. The molecule has 0 amide bonds. The SMILES string of the molecule is NCc1cc(COc2ccccc2C(F)(F)F)ccn1. The average Bonchev–Trinajstić information content (AvgIpc) is 2.44. The third kappa shape index (κ3) is 3.48. The summed E-state index contributed by atoms with van der Waals surface area (Å²) in [7, 11) is 0. The number of nitrogens with two attached hydrogens (primary N) is 1. The number of rotatable bonds is 4. The van der Waals surface area contributed by atoms with Crippen molar-refractivity contribution in [2.24, 2.45) is 5.73 Å². The molecule has 2 rings (SSSR count). The molecule has 0 aliphatic rings. The number of pyridine rings is 1. The molecule has 20 heavy (non-hydrogen) atoms. The first-order valence-corrected chi connectivity index (χ1v) is 5.93. The van der Waals surface area contributed by atoms with Gasteiger partial charge in [0.25, 0.3) is 0 Å². The van der Waals surface area contributed by atoms with E-state index in [0.717, 1.165) is 11.6 Å². The van der Waals surface area contributed by atoms with E-state index in [9.17, 15) is 13.2 Å². The van der Waals surface area contributed by atoms with Crippen LogP contribution in [-0.4, -0.2) is 4.98 Å². The zero-order valence-corrected chi connectivity index (χ0v) is 10.5. The van der Waals surface area contributed by atoms with Gasteiger partial charge in [-0.1, -0.05) is 12.1 Å². The van der Waals surface area contributed by atoms with E-state index in [1.54, 1.807) is 18.3 Å². The van der Waals surface area contributed by atoms with E-state index in [4.69, 9.17) is 10.5 Å². The summed E-state index contributed by atoms with van der Waals surface area (Å²) in [5.74, 6) is -0.189. The van der Waals surface area contributed by atoms with Crippen LogP contribution in [0.2, 0.25) is 0 Å². The first kappa shape index (κ1) is 14.3. The Morgan fingerprint density at radius 3 is 2.60 bits per heavy atom. The summed E-state index contributed by atoms with van der Waals surface area (Å²) in [5, 5.41) is 0. The monoisotopic (exact) mass is 282 g/mol. The van der Waals surface area contributed by atoms with Crippen LogP contribution in [0.5, 0.6) is 5.75 Å². The lowest BCUT2D eigenvalue weighted by Crippen LogP contribution is -2.09. The quantitative estimate of drug-likeness (QED) is 0.937. The molecule has 0 aliphatic heterocycles. The normalized spacial score (nSPS) is 11.4. The number of nitrogens with zero attached hydrogens (tertiary/aromatic N) is 1. The van der Waals surface area contributed by atoms with Crippen molar-refractivity contribution in [3.8, 4) is 5.75 Å². The van der Waals surface area contributed by atoms with Gasteiger partial charge in [0.15, 0.2) is 0 Å². The van der Waals surface area contributed by atoms with E-state index < -0.39 is 11.7 Å². The molecule has 0 radical (unpaired) electrons. The minimum atomic E-state index is -4.43. The molecule has 106 valence electrons. The molecule has 0 saturated heterocycles. The predicted molar refractivity (Wildman–Crippen MR) is 67.9 cm³/mol. The predicted octanol–water partition coefficient (Wildman–Crippen LogP) is 3.14. The van der Waals surface area contributed by atoms with Crippen molar-refractivity contribution in [1.82, 2.24) is 4.98 Å². The fraction of sp³-hybridized carbons (Fsp3) is 0.214. The summed E-state index contributed by atoms with van der Waals surface area (Å²) < 4.78 is 43.6. The van der Waals surface area contributed by atoms with Crippen LogP contribution in [-0.2, 0) is 19.3 Å². The van der Waals surface area contributed by atoms with Crippen LogP contribution in [0.3, 0.4) is 0 Å². The third-order valence-corrected chi connectivity index (χ3v) is 2.68. The Hall–Kier alpha value is -2.08. The number of ether oxygens (including phenoxy) is 1. The summed E-state index contributed by atoms with van der Waals surface area (Å²) in [6.07, 6.45) is -2.88. The van der Waals surface area contributed by atoms with Crippen LogP contribution in [0.1, 0.15) is 16.8 Å². The van der Waals surface area contributed by atoms with Crippen LogP contribution in [0.4, 0.5) is 13.2 Å². The average molecular weight is 282 g/mol. The first-order valence-electron chi connectivity index (χ1n) is 5.93. The van der Waals surface area contributed by atoms with E-state index >= 15 is 0 Å². The van der Waals surface area contributed by atoms with Gasteiger partial charge in [0.2, 0.25) is 0 Å². The maximum Gasteiger partial charge on any atom is 0.419 e. The van der Waals surface area contributed by atoms with E-state index in [1.807, 2.05) is 0 Å². The van der Waals surface area contributed by atoms with Crippen LogP contribution < -0.4 is 10.5 Å². The molecule has 0 aliphatic carbocycles. The second-order valence-corrected chi connectivity index (χ2v) is 4.14. The molecule has 6 heteroatoms. The summed E-state index contributed by atoms with van der Waals surface area (Å²) in [5.41, 5.74) is 6.05. The Kier molecular flexibility index (Phi) is 4.24. The van der Waals surface area contributed by atoms with E-state index in [2.05, 4.69) is 4.98 Å². The minimum absolute atomic E-state index is 0.0304. The zero-order chi connectivity index (χ0) is 14.6. The van der Waals surface area contributed by atoms with Crippen molar-refractivity contribution >= 4 is 0 Å². The zero-order valence-electron chi connectivity index (χ0n) is 10.5. The maximum absolute atomic E-state index is 12.8.